The normalized spacial score (nSPS) is 15.5. The summed E-state index contributed by atoms with van der Waals surface area (Å²) in [6.07, 6.45) is 3.26. The maximum Gasteiger partial charge on any atom is 0.241 e. The van der Waals surface area contributed by atoms with Crippen molar-refractivity contribution in [2.75, 3.05) is 26.8 Å². The molecule has 0 unspecified atom stereocenters. The largest absolute Gasteiger partial charge is 0.381 e. The van der Waals surface area contributed by atoms with E-state index in [1.165, 1.54) is 24.2 Å². The molecule has 1 aliphatic carbocycles. The van der Waals surface area contributed by atoms with E-state index in [4.69, 9.17) is 4.74 Å². The molecule has 0 bridgehead atoms. The zero-order valence-electron chi connectivity index (χ0n) is 12.6. The Bertz CT molecular complexity index is 551. The van der Waals surface area contributed by atoms with Crippen LogP contribution in [0, 0.1) is 12.8 Å². The van der Waals surface area contributed by atoms with Crippen molar-refractivity contribution in [1.29, 1.82) is 0 Å². The van der Waals surface area contributed by atoms with Crippen LogP contribution in [0.1, 0.15) is 29.7 Å². The maximum atomic E-state index is 12.4. The summed E-state index contributed by atoms with van der Waals surface area (Å²) in [6, 6.07) is 0. The number of aryl methyl sites for hydroxylation is 1. The van der Waals surface area contributed by atoms with E-state index in [1.54, 1.807) is 0 Å². The second kappa shape index (κ2) is 7.69. The van der Waals surface area contributed by atoms with E-state index in [1.807, 2.05) is 19.4 Å². The molecule has 1 aromatic rings. The smallest absolute Gasteiger partial charge is 0.241 e. The van der Waals surface area contributed by atoms with Crippen molar-refractivity contribution in [1.82, 2.24) is 10.0 Å². The number of hydrogen-bond acceptors (Lipinski definition) is 5. The van der Waals surface area contributed by atoms with Crippen molar-refractivity contribution in [2.24, 2.45) is 5.92 Å². The van der Waals surface area contributed by atoms with E-state index >= 15 is 0 Å². The molecule has 2 rings (SSSR count). The first-order valence-electron chi connectivity index (χ1n) is 7.33. The van der Waals surface area contributed by atoms with Gasteiger partial charge in [0.05, 0.1) is 0 Å². The SMILES string of the molecule is CNCc1scc(C)c1S(=O)(=O)NCCCOCC1CC1. The molecule has 21 heavy (non-hydrogen) atoms. The predicted molar refractivity (Wildman–Crippen MR) is 85.2 cm³/mol. The van der Waals surface area contributed by atoms with Gasteiger partial charge in [0, 0.05) is 31.2 Å². The third-order valence-electron chi connectivity index (χ3n) is 3.40. The average Bonchev–Trinajstić information content (AvgIpc) is 3.17. The second-order valence-electron chi connectivity index (χ2n) is 5.47. The third kappa shape index (κ3) is 5.03. The molecular formula is C14H24N2O3S2. The number of rotatable bonds is 10. The summed E-state index contributed by atoms with van der Waals surface area (Å²) >= 11 is 1.48. The Balaban J connectivity index is 1.81. The number of nitrogens with one attached hydrogen (secondary N) is 2. The molecule has 1 fully saturated rings. The van der Waals surface area contributed by atoms with Crippen molar-refractivity contribution in [3.05, 3.63) is 15.8 Å². The lowest BCUT2D eigenvalue weighted by molar-refractivity contribution is 0.123. The molecule has 0 aromatic carbocycles. The molecule has 1 heterocycles. The van der Waals surface area contributed by atoms with E-state index < -0.39 is 10.0 Å². The van der Waals surface area contributed by atoms with E-state index in [0.717, 1.165) is 23.0 Å². The summed E-state index contributed by atoms with van der Waals surface area (Å²) in [5.41, 5.74) is 0.808. The Morgan fingerprint density at radius 2 is 2.19 bits per heavy atom. The fraction of sp³-hybridized carbons (Fsp3) is 0.714. The summed E-state index contributed by atoms with van der Waals surface area (Å²) < 4.78 is 33.0. The first kappa shape index (κ1) is 16.9. The van der Waals surface area contributed by atoms with E-state index in [2.05, 4.69) is 10.0 Å². The minimum Gasteiger partial charge on any atom is -0.381 e. The molecule has 1 aliphatic rings. The zero-order chi connectivity index (χ0) is 15.3. The van der Waals surface area contributed by atoms with Gasteiger partial charge in [-0.05, 0) is 50.1 Å². The standard InChI is InChI=1S/C14H24N2O3S2/c1-11-10-20-13(8-15-2)14(11)21(17,18)16-6-3-7-19-9-12-4-5-12/h10,12,15-16H,3-9H2,1-2H3. The van der Waals surface area contributed by atoms with E-state index in [-0.39, 0.29) is 0 Å². The first-order valence-corrected chi connectivity index (χ1v) is 9.70. The van der Waals surface area contributed by atoms with Gasteiger partial charge in [-0.2, -0.15) is 0 Å². The van der Waals surface area contributed by atoms with Gasteiger partial charge in [0.15, 0.2) is 0 Å². The molecule has 0 aliphatic heterocycles. The quantitative estimate of drug-likeness (QED) is 0.642. The zero-order valence-corrected chi connectivity index (χ0v) is 14.3. The van der Waals surface area contributed by atoms with Crippen LogP contribution in [0.15, 0.2) is 10.3 Å². The minimum absolute atomic E-state index is 0.418. The Hall–Kier alpha value is -0.470. The highest BCUT2D eigenvalue weighted by Crippen LogP contribution is 2.29. The average molecular weight is 332 g/mol. The van der Waals surface area contributed by atoms with Gasteiger partial charge in [0.2, 0.25) is 10.0 Å². The van der Waals surface area contributed by atoms with Gasteiger partial charge < -0.3 is 10.1 Å². The number of thiophene rings is 1. The van der Waals surface area contributed by atoms with Crippen molar-refractivity contribution < 1.29 is 13.2 Å². The fourth-order valence-electron chi connectivity index (χ4n) is 2.12. The Labute approximate surface area is 131 Å². The molecule has 0 spiro atoms. The Kier molecular flexibility index (Phi) is 6.19. The van der Waals surface area contributed by atoms with Gasteiger partial charge in [-0.3, -0.25) is 0 Å². The molecule has 0 atom stereocenters. The highest BCUT2D eigenvalue weighted by atomic mass is 32.2. The summed E-state index contributed by atoms with van der Waals surface area (Å²) in [6.45, 7) is 4.26. The van der Waals surface area contributed by atoms with Gasteiger partial charge in [-0.15, -0.1) is 11.3 Å². The summed E-state index contributed by atoms with van der Waals surface area (Å²) in [7, 11) is -1.61. The first-order chi connectivity index (χ1) is 10.0. The lowest BCUT2D eigenvalue weighted by atomic mass is 10.3. The predicted octanol–water partition coefficient (Wildman–Crippen LogP) is 1.87. The van der Waals surface area contributed by atoms with Crippen LogP contribution in [0.5, 0.6) is 0 Å². The van der Waals surface area contributed by atoms with E-state index in [9.17, 15) is 8.42 Å². The lowest BCUT2D eigenvalue weighted by Gasteiger charge is -2.09. The molecule has 1 saturated carbocycles. The van der Waals surface area contributed by atoms with Crippen LogP contribution >= 0.6 is 11.3 Å². The third-order valence-corrected chi connectivity index (χ3v) is 6.33. The monoisotopic (exact) mass is 332 g/mol. The number of hydrogen-bond donors (Lipinski definition) is 2. The molecule has 0 amide bonds. The van der Waals surface area contributed by atoms with Crippen LogP contribution in [0.3, 0.4) is 0 Å². The molecule has 5 nitrogen and oxygen atoms in total. The topological polar surface area (TPSA) is 67.4 Å². The summed E-state index contributed by atoms with van der Waals surface area (Å²) in [4.78, 5) is 1.29. The van der Waals surface area contributed by atoms with Crippen LogP contribution in [0.25, 0.3) is 0 Å². The molecule has 1 aromatic heterocycles. The number of sulfonamides is 1. The second-order valence-corrected chi connectivity index (χ2v) is 8.14. The summed E-state index contributed by atoms with van der Waals surface area (Å²) in [5, 5.41) is 4.90. The molecular weight excluding hydrogens is 308 g/mol. The van der Waals surface area contributed by atoms with Gasteiger partial charge in [-0.25, -0.2) is 13.1 Å². The van der Waals surface area contributed by atoms with Crippen LogP contribution in [0.2, 0.25) is 0 Å². The Morgan fingerprint density at radius 1 is 1.43 bits per heavy atom. The molecule has 7 heteroatoms. The van der Waals surface area contributed by atoms with E-state index in [0.29, 0.717) is 31.0 Å². The highest BCUT2D eigenvalue weighted by molar-refractivity contribution is 7.89. The molecule has 2 N–H and O–H groups in total. The van der Waals surface area contributed by atoms with Gasteiger partial charge in [0.25, 0.3) is 0 Å². The van der Waals surface area contributed by atoms with Gasteiger partial charge in [0.1, 0.15) is 4.90 Å². The lowest BCUT2D eigenvalue weighted by Crippen LogP contribution is -2.27. The Morgan fingerprint density at radius 3 is 2.86 bits per heavy atom. The number of ether oxygens (including phenoxy) is 1. The van der Waals surface area contributed by atoms with Crippen molar-refractivity contribution in [3.8, 4) is 0 Å². The van der Waals surface area contributed by atoms with Crippen molar-refractivity contribution >= 4 is 21.4 Å². The maximum absolute atomic E-state index is 12.4. The molecule has 120 valence electrons. The fourth-order valence-corrected chi connectivity index (χ4v) is 5.01. The van der Waals surface area contributed by atoms with Crippen LogP contribution in [-0.2, 0) is 21.3 Å². The van der Waals surface area contributed by atoms with Crippen LogP contribution in [0.4, 0.5) is 0 Å². The van der Waals surface area contributed by atoms with Crippen LogP contribution < -0.4 is 10.0 Å². The van der Waals surface area contributed by atoms with Gasteiger partial charge in [-0.1, -0.05) is 0 Å². The van der Waals surface area contributed by atoms with Crippen molar-refractivity contribution in [3.63, 3.8) is 0 Å². The van der Waals surface area contributed by atoms with Crippen molar-refractivity contribution in [2.45, 2.75) is 37.6 Å². The summed E-state index contributed by atoms with van der Waals surface area (Å²) in [5.74, 6) is 0.749. The molecule has 0 radical (unpaired) electrons. The highest BCUT2D eigenvalue weighted by Gasteiger charge is 2.22. The minimum atomic E-state index is -3.43. The van der Waals surface area contributed by atoms with Crippen LogP contribution in [-0.4, -0.2) is 35.2 Å². The van der Waals surface area contributed by atoms with Gasteiger partial charge >= 0.3 is 0 Å². The molecule has 0 saturated heterocycles.